The van der Waals surface area contributed by atoms with Gasteiger partial charge in [0.1, 0.15) is 0 Å². The molecule has 1 aliphatic heterocycles. The highest BCUT2D eigenvalue weighted by atomic mass is 16.6. The summed E-state index contributed by atoms with van der Waals surface area (Å²) in [4.78, 5) is 30.0. The molecule has 0 N–H and O–H groups in total. The molecule has 1 unspecified atom stereocenters. The molecule has 2 rings (SSSR count). The molecule has 1 aliphatic rings. The number of carbonyl (C=O) groups excluding carboxylic acids is 2. The van der Waals surface area contributed by atoms with Gasteiger partial charge in [-0.1, -0.05) is 0 Å². The fourth-order valence-corrected chi connectivity index (χ4v) is 1.97. The molecule has 1 atom stereocenters. The quantitative estimate of drug-likeness (QED) is 0.605. The second-order valence-electron chi connectivity index (χ2n) is 4.23. The van der Waals surface area contributed by atoms with Crippen LogP contribution in [-0.2, 0) is 14.3 Å². The largest absolute Gasteiger partial charge is 0.463 e. The Morgan fingerprint density at radius 3 is 2.89 bits per heavy atom. The minimum atomic E-state index is -1.65. The Morgan fingerprint density at radius 2 is 2.26 bits per heavy atom. The minimum Gasteiger partial charge on any atom is -0.463 e. The van der Waals surface area contributed by atoms with Crippen molar-refractivity contribution in [3.8, 4) is 5.75 Å². The lowest BCUT2D eigenvalue weighted by Gasteiger charge is -2.37. The summed E-state index contributed by atoms with van der Waals surface area (Å²) >= 11 is 0. The van der Waals surface area contributed by atoms with Gasteiger partial charge in [0.15, 0.2) is 11.6 Å². The summed E-state index contributed by atoms with van der Waals surface area (Å²) < 4.78 is 10.5. The van der Waals surface area contributed by atoms with E-state index in [4.69, 9.17) is 9.47 Å². The summed E-state index contributed by atoms with van der Waals surface area (Å²) in [6.45, 7) is 5.51. The Balaban J connectivity index is 2.46. The molecule has 0 spiro atoms. The number of carbonyl (C=O) groups is 2. The van der Waals surface area contributed by atoms with Crippen LogP contribution in [0.4, 0.5) is 5.82 Å². The predicted octanol–water partition coefficient (Wildman–Crippen LogP) is 1.15. The van der Waals surface area contributed by atoms with E-state index >= 15 is 0 Å². The average molecular weight is 264 g/mol. The number of hydrogen-bond acceptors (Lipinski definition) is 5. The summed E-state index contributed by atoms with van der Waals surface area (Å²) in [7, 11) is 0. The maximum atomic E-state index is 12.4. The van der Waals surface area contributed by atoms with E-state index < -0.39 is 17.5 Å². The van der Waals surface area contributed by atoms with Gasteiger partial charge in [-0.2, -0.15) is 0 Å². The first-order chi connectivity index (χ1) is 9.04. The van der Waals surface area contributed by atoms with Crippen LogP contribution < -0.4 is 9.64 Å². The van der Waals surface area contributed by atoms with Gasteiger partial charge in [-0.15, -0.1) is 0 Å². The van der Waals surface area contributed by atoms with Gasteiger partial charge in [0.05, 0.1) is 6.61 Å². The van der Waals surface area contributed by atoms with Gasteiger partial charge in [0, 0.05) is 12.7 Å². The monoisotopic (exact) mass is 264 g/mol. The maximum Gasteiger partial charge on any atom is 0.360 e. The number of nitrogens with zero attached hydrogens (tertiary/aromatic N) is 2. The van der Waals surface area contributed by atoms with Crippen molar-refractivity contribution in [1.29, 1.82) is 0 Å². The molecule has 0 aromatic carbocycles. The van der Waals surface area contributed by atoms with Crippen molar-refractivity contribution >= 4 is 17.7 Å². The standard InChI is InChI=1S/C13H16N2O4/c1-4-15-10-9(7-6-8-14-10)19-13(3,11(15)16)12(17)18-5-2/h6-8H,4-5H2,1-3H3. The number of aromatic nitrogens is 1. The molecule has 1 amide bonds. The van der Waals surface area contributed by atoms with Crippen LogP contribution in [0.25, 0.3) is 0 Å². The Bertz CT molecular complexity index is 517. The van der Waals surface area contributed by atoms with E-state index in [-0.39, 0.29) is 6.61 Å². The van der Waals surface area contributed by atoms with Crippen LogP contribution in [0.3, 0.4) is 0 Å². The molecule has 0 aliphatic carbocycles. The molecule has 0 bridgehead atoms. The van der Waals surface area contributed by atoms with E-state index in [1.54, 1.807) is 25.3 Å². The number of pyridine rings is 1. The number of fused-ring (bicyclic) bond motifs is 1. The summed E-state index contributed by atoms with van der Waals surface area (Å²) in [5.41, 5.74) is -1.65. The first kappa shape index (κ1) is 13.3. The highest BCUT2D eigenvalue weighted by molar-refractivity contribution is 6.14. The Morgan fingerprint density at radius 1 is 1.53 bits per heavy atom. The van der Waals surface area contributed by atoms with Crippen molar-refractivity contribution in [2.45, 2.75) is 26.4 Å². The van der Waals surface area contributed by atoms with Gasteiger partial charge >= 0.3 is 5.97 Å². The highest BCUT2D eigenvalue weighted by Gasteiger charge is 2.52. The lowest BCUT2D eigenvalue weighted by Crippen LogP contribution is -2.59. The van der Waals surface area contributed by atoms with E-state index in [9.17, 15) is 9.59 Å². The van der Waals surface area contributed by atoms with Gasteiger partial charge in [0.25, 0.3) is 11.5 Å². The molecule has 0 fully saturated rings. The molecular weight excluding hydrogens is 248 g/mol. The van der Waals surface area contributed by atoms with Gasteiger partial charge < -0.3 is 9.47 Å². The molecule has 6 heteroatoms. The average Bonchev–Trinajstić information content (AvgIpc) is 2.40. The van der Waals surface area contributed by atoms with E-state index in [1.807, 2.05) is 6.92 Å². The van der Waals surface area contributed by atoms with Crippen molar-refractivity contribution < 1.29 is 19.1 Å². The van der Waals surface area contributed by atoms with Crippen LogP contribution in [-0.4, -0.2) is 35.6 Å². The molecule has 0 saturated carbocycles. The zero-order chi connectivity index (χ0) is 14.0. The van der Waals surface area contributed by atoms with E-state index in [0.29, 0.717) is 18.1 Å². The van der Waals surface area contributed by atoms with Crippen LogP contribution in [0.2, 0.25) is 0 Å². The molecule has 1 aromatic heterocycles. The molecule has 2 heterocycles. The number of likely N-dealkylation sites (N-methyl/N-ethyl adjacent to an activating group) is 1. The SMILES string of the molecule is CCOC(=O)C1(C)Oc2cccnc2N(CC)C1=O. The zero-order valence-corrected chi connectivity index (χ0v) is 11.2. The summed E-state index contributed by atoms with van der Waals surface area (Å²) in [6.07, 6.45) is 1.57. The summed E-state index contributed by atoms with van der Waals surface area (Å²) in [5.74, 6) is -0.316. The van der Waals surface area contributed by atoms with Crippen LogP contribution in [0.5, 0.6) is 5.75 Å². The van der Waals surface area contributed by atoms with Gasteiger partial charge in [0.2, 0.25) is 0 Å². The third-order valence-corrected chi connectivity index (χ3v) is 2.96. The van der Waals surface area contributed by atoms with Crippen molar-refractivity contribution in [2.75, 3.05) is 18.1 Å². The fraction of sp³-hybridized carbons (Fsp3) is 0.462. The Labute approximate surface area is 111 Å². The number of anilines is 1. The minimum absolute atomic E-state index is 0.192. The van der Waals surface area contributed by atoms with E-state index in [0.717, 1.165) is 0 Å². The number of amides is 1. The molecule has 6 nitrogen and oxygen atoms in total. The fourth-order valence-electron chi connectivity index (χ4n) is 1.97. The first-order valence-electron chi connectivity index (χ1n) is 6.17. The number of hydrogen-bond donors (Lipinski definition) is 0. The molecule has 0 saturated heterocycles. The number of ether oxygens (including phenoxy) is 2. The second kappa shape index (κ2) is 4.87. The normalized spacial score (nSPS) is 21.6. The predicted molar refractivity (Wildman–Crippen MR) is 67.9 cm³/mol. The molecule has 102 valence electrons. The molecule has 19 heavy (non-hydrogen) atoms. The molecule has 0 radical (unpaired) electrons. The van der Waals surface area contributed by atoms with E-state index in [1.165, 1.54) is 11.8 Å². The lowest BCUT2D eigenvalue weighted by atomic mass is 10.0. The lowest BCUT2D eigenvalue weighted by molar-refractivity contribution is -0.166. The van der Waals surface area contributed by atoms with Crippen molar-refractivity contribution in [3.05, 3.63) is 18.3 Å². The maximum absolute atomic E-state index is 12.4. The van der Waals surface area contributed by atoms with Gasteiger partial charge in [-0.05, 0) is 32.9 Å². The van der Waals surface area contributed by atoms with Gasteiger partial charge in [-0.25, -0.2) is 9.78 Å². The van der Waals surface area contributed by atoms with E-state index in [2.05, 4.69) is 4.98 Å². The number of rotatable bonds is 3. The van der Waals surface area contributed by atoms with Gasteiger partial charge in [-0.3, -0.25) is 9.69 Å². The third kappa shape index (κ3) is 2.03. The second-order valence-corrected chi connectivity index (χ2v) is 4.23. The van der Waals surface area contributed by atoms with Crippen molar-refractivity contribution in [1.82, 2.24) is 4.98 Å². The van der Waals surface area contributed by atoms with Crippen molar-refractivity contribution in [2.24, 2.45) is 0 Å². The van der Waals surface area contributed by atoms with Crippen molar-refractivity contribution in [3.63, 3.8) is 0 Å². The smallest absolute Gasteiger partial charge is 0.360 e. The zero-order valence-electron chi connectivity index (χ0n) is 11.2. The topological polar surface area (TPSA) is 68.7 Å². The number of esters is 1. The molecular formula is C13H16N2O4. The summed E-state index contributed by atoms with van der Waals surface area (Å²) in [6, 6.07) is 3.36. The Hall–Kier alpha value is -2.11. The van der Waals surface area contributed by atoms with Crippen LogP contribution >= 0.6 is 0 Å². The van der Waals surface area contributed by atoms with Crippen LogP contribution in [0, 0.1) is 0 Å². The summed E-state index contributed by atoms with van der Waals surface area (Å²) in [5, 5.41) is 0. The third-order valence-electron chi connectivity index (χ3n) is 2.96. The molecule has 1 aromatic rings. The van der Waals surface area contributed by atoms with Crippen LogP contribution in [0.1, 0.15) is 20.8 Å². The first-order valence-corrected chi connectivity index (χ1v) is 6.17. The Kier molecular flexibility index (Phi) is 3.42. The highest BCUT2D eigenvalue weighted by Crippen LogP contribution is 2.36. The van der Waals surface area contributed by atoms with Crippen LogP contribution in [0.15, 0.2) is 18.3 Å².